The van der Waals surface area contributed by atoms with E-state index < -0.39 is 0 Å². The Balaban J connectivity index is 2.50. The largest absolute Gasteiger partial charge is 0.249 e. The fourth-order valence-electron chi connectivity index (χ4n) is 1.63. The van der Waals surface area contributed by atoms with E-state index in [2.05, 4.69) is 42.6 Å². The molecular weight excluding hydrogens is 208 g/mol. The molecule has 0 aliphatic heterocycles. The Kier molecular flexibility index (Phi) is 1.79. The molecule has 0 radical (unpaired) electrons. The summed E-state index contributed by atoms with van der Waals surface area (Å²) in [5, 5.41) is 3.53. The Morgan fingerprint density at radius 2 is 2.00 bits per heavy atom. The molecule has 0 unspecified atom stereocenters. The summed E-state index contributed by atoms with van der Waals surface area (Å²) in [5.74, 6) is 0. The van der Waals surface area contributed by atoms with Crippen LogP contribution in [0.4, 0.5) is 0 Å². The fraction of sp³-hybridized carbons (Fsp3) is 0.0833. The van der Waals surface area contributed by atoms with Gasteiger partial charge in [-0.25, -0.2) is 0 Å². The molecule has 0 bridgehead atoms. The Morgan fingerprint density at radius 3 is 2.93 bits per heavy atom. The zero-order valence-corrected chi connectivity index (χ0v) is 9.41. The van der Waals surface area contributed by atoms with E-state index in [4.69, 9.17) is 0 Å². The molecule has 0 aliphatic rings. The lowest BCUT2D eigenvalue weighted by Gasteiger charge is -1.91. The van der Waals surface area contributed by atoms with Crippen molar-refractivity contribution in [1.82, 2.24) is 0 Å². The molecule has 2 heteroatoms. The van der Waals surface area contributed by atoms with E-state index >= 15 is 0 Å². The van der Waals surface area contributed by atoms with Crippen molar-refractivity contribution in [3.8, 4) is 0 Å². The van der Waals surface area contributed by atoms with Crippen molar-refractivity contribution in [3.63, 3.8) is 0 Å². The number of fused-ring (bicyclic) bond motifs is 2. The van der Waals surface area contributed by atoms with E-state index in [1.165, 1.54) is 25.0 Å². The maximum absolute atomic E-state index is 2.29. The molecular formula is C12H9S2+. The van der Waals surface area contributed by atoms with Gasteiger partial charge < -0.3 is 0 Å². The van der Waals surface area contributed by atoms with Crippen molar-refractivity contribution in [2.75, 3.05) is 0 Å². The Labute approximate surface area is 90.5 Å². The third kappa shape index (κ3) is 1.22. The quantitative estimate of drug-likeness (QED) is 0.478. The zero-order chi connectivity index (χ0) is 9.54. The molecule has 0 fully saturated rings. The molecule has 1 aromatic carbocycles. The first kappa shape index (κ1) is 8.33. The van der Waals surface area contributed by atoms with Crippen LogP contribution >= 0.6 is 22.7 Å². The number of rotatable bonds is 0. The van der Waals surface area contributed by atoms with Crippen molar-refractivity contribution in [2.24, 2.45) is 0 Å². The smallest absolute Gasteiger partial charge is 0.138 e. The van der Waals surface area contributed by atoms with Gasteiger partial charge in [0.1, 0.15) is 0 Å². The van der Waals surface area contributed by atoms with Crippen LogP contribution in [0.25, 0.3) is 19.5 Å². The highest BCUT2D eigenvalue weighted by atomic mass is 32.1. The SMILES string of the molecule is Cc1ccc2[s+]c3ccsc3cc2c1. The molecule has 3 aromatic rings. The fourth-order valence-corrected chi connectivity index (χ4v) is 3.62. The first-order chi connectivity index (χ1) is 6.83. The van der Waals surface area contributed by atoms with Crippen LogP contribution in [0.15, 0.2) is 35.7 Å². The number of thiophene rings is 1. The van der Waals surface area contributed by atoms with Gasteiger partial charge in [0.15, 0.2) is 0 Å². The maximum atomic E-state index is 2.29. The van der Waals surface area contributed by atoms with E-state index in [1.54, 1.807) is 0 Å². The van der Waals surface area contributed by atoms with Gasteiger partial charge in [-0.1, -0.05) is 11.6 Å². The molecule has 2 aromatic heterocycles. The van der Waals surface area contributed by atoms with Crippen molar-refractivity contribution in [1.29, 1.82) is 0 Å². The van der Waals surface area contributed by atoms with Crippen LogP contribution in [0.2, 0.25) is 0 Å². The van der Waals surface area contributed by atoms with Crippen LogP contribution in [-0.2, 0) is 0 Å². The lowest BCUT2D eigenvalue weighted by Crippen LogP contribution is -1.72. The van der Waals surface area contributed by atoms with Gasteiger partial charge >= 0.3 is 0 Å². The third-order valence-corrected chi connectivity index (χ3v) is 4.49. The van der Waals surface area contributed by atoms with E-state index in [1.807, 2.05) is 22.7 Å². The predicted molar refractivity (Wildman–Crippen MR) is 66.4 cm³/mol. The van der Waals surface area contributed by atoms with E-state index in [-0.39, 0.29) is 0 Å². The van der Waals surface area contributed by atoms with E-state index in [0.717, 1.165) is 0 Å². The van der Waals surface area contributed by atoms with Gasteiger partial charge in [-0.2, -0.15) is 0 Å². The second kappa shape index (κ2) is 3.01. The lowest BCUT2D eigenvalue weighted by atomic mass is 10.2. The summed E-state index contributed by atoms with van der Waals surface area (Å²) in [7, 11) is 0. The Bertz CT molecular complexity index is 608. The second-order valence-electron chi connectivity index (χ2n) is 3.44. The molecule has 68 valence electrons. The van der Waals surface area contributed by atoms with Gasteiger partial charge in [0.05, 0.1) is 4.70 Å². The van der Waals surface area contributed by atoms with Gasteiger partial charge in [0.25, 0.3) is 0 Å². The summed E-state index contributed by atoms with van der Waals surface area (Å²) in [6.45, 7) is 2.14. The molecule has 14 heavy (non-hydrogen) atoms. The van der Waals surface area contributed by atoms with Gasteiger partial charge in [-0.3, -0.25) is 0 Å². The Morgan fingerprint density at radius 1 is 1.07 bits per heavy atom. The Hall–Kier alpha value is -0.990. The molecule has 0 saturated heterocycles. The minimum atomic E-state index is 1.33. The van der Waals surface area contributed by atoms with Crippen LogP contribution in [0.3, 0.4) is 0 Å². The zero-order valence-electron chi connectivity index (χ0n) is 7.78. The standard InChI is InChI=1S/C12H9S2/c1-8-2-3-10-9(6-8)7-12-11(14-10)4-5-13-12/h2-7H,1H3/q+1. The summed E-state index contributed by atoms with van der Waals surface area (Å²) < 4.78 is 4.17. The minimum absolute atomic E-state index is 1.33. The van der Waals surface area contributed by atoms with Crippen LogP contribution in [0.5, 0.6) is 0 Å². The number of benzene rings is 1. The second-order valence-corrected chi connectivity index (χ2v) is 5.47. The molecule has 3 rings (SSSR count). The predicted octanol–water partition coefficient (Wildman–Crippen LogP) is 4.71. The van der Waals surface area contributed by atoms with Crippen LogP contribution in [-0.4, -0.2) is 0 Å². The highest BCUT2D eigenvalue weighted by Gasteiger charge is 2.10. The number of aryl methyl sites for hydroxylation is 1. The maximum Gasteiger partial charge on any atom is 0.249 e. The monoisotopic (exact) mass is 217 g/mol. The molecule has 2 heterocycles. The van der Waals surface area contributed by atoms with Crippen LogP contribution in [0.1, 0.15) is 5.56 Å². The average Bonchev–Trinajstić information content (AvgIpc) is 2.61. The summed E-state index contributed by atoms with van der Waals surface area (Å²) in [6.07, 6.45) is 0. The van der Waals surface area contributed by atoms with Gasteiger partial charge in [0.2, 0.25) is 20.7 Å². The van der Waals surface area contributed by atoms with Gasteiger partial charge in [-0.15, -0.1) is 11.3 Å². The van der Waals surface area contributed by atoms with Crippen molar-refractivity contribution in [2.45, 2.75) is 6.92 Å². The molecule has 0 atom stereocenters. The normalized spacial score (nSPS) is 11.2. The summed E-state index contributed by atoms with van der Waals surface area (Å²) in [5.41, 5.74) is 1.33. The molecule has 0 saturated carbocycles. The highest BCUT2D eigenvalue weighted by Crippen LogP contribution is 2.31. The van der Waals surface area contributed by atoms with Crippen molar-refractivity contribution in [3.05, 3.63) is 41.3 Å². The highest BCUT2D eigenvalue weighted by molar-refractivity contribution is 7.29. The molecule has 0 spiro atoms. The van der Waals surface area contributed by atoms with Crippen molar-refractivity contribution < 1.29 is 0 Å². The van der Waals surface area contributed by atoms with Crippen LogP contribution < -0.4 is 0 Å². The summed E-state index contributed by atoms with van der Waals surface area (Å²) in [4.78, 5) is 0. The van der Waals surface area contributed by atoms with Crippen LogP contribution in [0, 0.1) is 6.92 Å². The average molecular weight is 217 g/mol. The minimum Gasteiger partial charge on any atom is -0.138 e. The lowest BCUT2D eigenvalue weighted by molar-refractivity contribution is 1.51. The topological polar surface area (TPSA) is 0 Å². The third-order valence-electron chi connectivity index (χ3n) is 2.33. The molecule has 0 amide bonds. The number of hydrogen-bond acceptors (Lipinski definition) is 1. The molecule has 0 aliphatic carbocycles. The van der Waals surface area contributed by atoms with E-state index in [0.29, 0.717) is 0 Å². The number of hydrogen-bond donors (Lipinski definition) is 0. The summed E-state index contributed by atoms with van der Waals surface area (Å²) >= 11 is 3.70. The molecule has 0 N–H and O–H groups in total. The van der Waals surface area contributed by atoms with Crippen molar-refractivity contribution >= 4 is 42.2 Å². The van der Waals surface area contributed by atoms with E-state index in [9.17, 15) is 0 Å². The van der Waals surface area contributed by atoms with Gasteiger partial charge in [-0.05, 0) is 24.4 Å². The summed E-state index contributed by atoms with van der Waals surface area (Å²) in [6, 6.07) is 11.1. The first-order valence-electron chi connectivity index (χ1n) is 4.54. The first-order valence-corrected chi connectivity index (χ1v) is 6.23. The van der Waals surface area contributed by atoms with Gasteiger partial charge in [0, 0.05) is 17.5 Å². The molecule has 0 nitrogen and oxygen atoms in total.